The van der Waals surface area contributed by atoms with Gasteiger partial charge in [0.05, 0.1) is 10.6 Å². The van der Waals surface area contributed by atoms with Gasteiger partial charge in [0.2, 0.25) is 11.8 Å². The second kappa shape index (κ2) is 10.7. The molecule has 0 spiro atoms. The van der Waals surface area contributed by atoms with Crippen LogP contribution in [0.1, 0.15) is 22.3 Å². The first-order valence-corrected chi connectivity index (χ1v) is 9.23. The van der Waals surface area contributed by atoms with Crippen LogP contribution in [0.4, 0.5) is 5.69 Å². The number of amides is 2. The van der Waals surface area contributed by atoms with Crippen molar-refractivity contribution >= 4 is 29.1 Å². The third-order valence-corrected chi connectivity index (χ3v) is 4.49. The monoisotopic (exact) mass is 388 g/mol. The number of benzene rings is 2. The average molecular weight is 389 g/mol. The molecule has 0 bridgehead atoms. The number of nitrogens with zero attached hydrogens (tertiary/aromatic N) is 1. The summed E-state index contributed by atoms with van der Waals surface area (Å²) in [6.45, 7) is 2.73. The second-order valence-corrected chi connectivity index (χ2v) is 6.63. The Hall–Kier alpha value is -2.41. The van der Waals surface area contributed by atoms with E-state index in [-0.39, 0.29) is 16.5 Å². The van der Waals surface area contributed by atoms with Crippen LogP contribution >= 0.6 is 11.6 Å². The highest BCUT2D eigenvalue weighted by Gasteiger charge is 2.11. The van der Waals surface area contributed by atoms with Crippen molar-refractivity contribution < 1.29 is 9.59 Å². The zero-order valence-electron chi connectivity index (χ0n) is 15.2. The summed E-state index contributed by atoms with van der Waals surface area (Å²) >= 11 is 6.00. The van der Waals surface area contributed by atoms with Crippen LogP contribution in [0.25, 0.3) is 0 Å². The van der Waals surface area contributed by atoms with E-state index >= 15 is 0 Å². The van der Waals surface area contributed by atoms with Gasteiger partial charge in [0.1, 0.15) is 0 Å². The van der Waals surface area contributed by atoms with Gasteiger partial charge in [-0.05, 0) is 30.2 Å². The molecule has 2 aromatic carbocycles. The molecule has 2 rings (SSSR count). The normalized spacial score (nSPS) is 10.8. The molecule has 0 atom stereocenters. The molecular formula is C20H25ClN4O2. The minimum Gasteiger partial charge on any atom is -0.366 e. The maximum Gasteiger partial charge on any atom is 0.250 e. The number of carbonyl (C=O) groups is 2. The van der Waals surface area contributed by atoms with Gasteiger partial charge in [-0.15, -0.1) is 0 Å². The predicted octanol–water partition coefficient (Wildman–Crippen LogP) is 2.27. The average Bonchev–Trinajstić information content (AvgIpc) is 2.64. The predicted molar refractivity (Wildman–Crippen MR) is 109 cm³/mol. The van der Waals surface area contributed by atoms with Crippen LogP contribution < -0.4 is 16.8 Å². The van der Waals surface area contributed by atoms with Gasteiger partial charge in [0, 0.05) is 38.3 Å². The largest absolute Gasteiger partial charge is 0.366 e. The molecule has 27 heavy (non-hydrogen) atoms. The number of hydrogen-bond acceptors (Lipinski definition) is 4. The fourth-order valence-corrected chi connectivity index (χ4v) is 3.00. The van der Waals surface area contributed by atoms with Crippen molar-refractivity contribution in [1.29, 1.82) is 0 Å². The van der Waals surface area contributed by atoms with E-state index in [1.807, 2.05) is 18.2 Å². The fourth-order valence-electron chi connectivity index (χ4n) is 2.73. The Morgan fingerprint density at radius 2 is 1.78 bits per heavy atom. The van der Waals surface area contributed by atoms with Crippen molar-refractivity contribution in [3.8, 4) is 0 Å². The number of rotatable bonds is 10. The molecule has 0 heterocycles. The topological polar surface area (TPSA) is 101 Å². The molecular weight excluding hydrogens is 364 g/mol. The standard InChI is InChI=1S/C20H25ClN4O2/c21-18-14-16(6-7-17(18)20(23)27)24-19(26)9-12-25(13-10-22)11-8-15-4-2-1-3-5-15/h1-7,14H,8-13,22H2,(H2,23,27)(H,24,26). The number of primary amides is 1. The summed E-state index contributed by atoms with van der Waals surface area (Å²) in [6, 6.07) is 14.8. The SMILES string of the molecule is NCCN(CCC(=O)Nc1ccc(C(N)=O)c(Cl)c1)CCc1ccccc1. The molecule has 6 nitrogen and oxygen atoms in total. The molecule has 5 N–H and O–H groups in total. The molecule has 0 aliphatic rings. The Bertz CT molecular complexity index is 768. The van der Waals surface area contributed by atoms with Crippen LogP contribution in [0.2, 0.25) is 5.02 Å². The van der Waals surface area contributed by atoms with E-state index in [2.05, 4.69) is 22.3 Å². The van der Waals surface area contributed by atoms with Gasteiger partial charge in [-0.2, -0.15) is 0 Å². The van der Waals surface area contributed by atoms with Gasteiger partial charge in [0.25, 0.3) is 0 Å². The fraction of sp³-hybridized carbons (Fsp3) is 0.300. The highest BCUT2D eigenvalue weighted by atomic mass is 35.5. The Balaban J connectivity index is 1.84. The quantitative estimate of drug-likeness (QED) is 0.581. The number of nitrogens with one attached hydrogen (secondary N) is 1. The van der Waals surface area contributed by atoms with Crippen LogP contribution in [0, 0.1) is 0 Å². The van der Waals surface area contributed by atoms with Crippen LogP contribution in [0.15, 0.2) is 48.5 Å². The van der Waals surface area contributed by atoms with Gasteiger partial charge in [-0.25, -0.2) is 0 Å². The van der Waals surface area contributed by atoms with Gasteiger partial charge >= 0.3 is 0 Å². The Morgan fingerprint density at radius 1 is 1.04 bits per heavy atom. The van der Waals surface area contributed by atoms with Crippen molar-refractivity contribution in [2.75, 3.05) is 31.5 Å². The highest BCUT2D eigenvalue weighted by molar-refractivity contribution is 6.34. The maximum absolute atomic E-state index is 12.2. The van der Waals surface area contributed by atoms with Crippen LogP contribution in [0.5, 0.6) is 0 Å². The minimum absolute atomic E-state index is 0.125. The molecule has 0 saturated heterocycles. The summed E-state index contributed by atoms with van der Waals surface area (Å²) in [5.74, 6) is -0.728. The van der Waals surface area contributed by atoms with Gasteiger partial charge in [-0.1, -0.05) is 41.9 Å². The first-order valence-electron chi connectivity index (χ1n) is 8.85. The molecule has 144 valence electrons. The Labute approximate surface area is 164 Å². The summed E-state index contributed by atoms with van der Waals surface area (Å²) in [7, 11) is 0. The van der Waals surface area contributed by atoms with E-state index in [4.69, 9.17) is 23.1 Å². The molecule has 0 unspecified atom stereocenters. The summed E-state index contributed by atoms with van der Waals surface area (Å²) in [5.41, 5.74) is 12.9. The van der Waals surface area contributed by atoms with E-state index in [0.717, 1.165) is 19.5 Å². The zero-order valence-corrected chi connectivity index (χ0v) is 15.9. The third kappa shape index (κ3) is 7.02. The highest BCUT2D eigenvalue weighted by Crippen LogP contribution is 2.20. The molecule has 2 aromatic rings. The number of nitrogens with two attached hydrogens (primary N) is 2. The lowest BCUT2D eigenvalue weighted by Crippen LogP contribution is -2.34. The summed E-state index contributed by atoms with van der Waals surface area (Å²) in [4.78, 5) is 25.6. The van der Waals surface area contributed by atoms with E-state index in [1.165, 1.54) is 17.7 Å². The van der Waals surface area contributed by atoms with Gasteiger partial charge in [0.15, 0.2) is 0 Å². The lowest BCUT2D eigenvalue weighted by atomic mass is 10.1. The van der Waals surface area contributed by atoms with Crippen LogP contribution in [0.3, 0.4) is 0 Å². The molecule has 0 aliphatic carbocycles. The van der Waals surface area contributed by atoms with E-state index < -0.39 is 5.91 Å². The molecule has 0 aromatic heterocycles. The van der Waals surface area contributed by atoms with E-state index in [1.54, 1.807) is 6.07 Å². The maximum atomic E-state index is 12.2. The zero-order chi connectivity index (χ0) is 19.6. The molecule has 0 saturated carbocycles. The van der Waals surface area contributed by atoms with Crippen molar-refractivity contribution in [1.82, 2.24) is 4.90 Å². The van der Waals surface area contributed by atoms with Crippen molar-refractivity contribution in [3.05, 3.63) is 64.7 Å². The first-order chi connectivity index (χ1) is 13.0. The van der Waals surface area contributed by atoms with Crippen LogP contribution in [-0.4, -0.2) is 42.9 Å². The van der Waals surface area contributed by atoms with Crippen LogP contribution in [-0.2, 0) is 11.2 Å². The minimum atomic E-state index is -0.603. The number of halogens is 1. The molecule has 0 fully saturated rings. The summed E-state index contributed by atoms with van der Waals surface area (Å²) in [5, 5.41) is 3.00. The van der Waals surface area contributed by atoms with E-state index in [0.29, 0.717) is 25.2 Å². The first kappa shape index (κ1) is 20.9. The molecule has 7 heteroatoms. The van der Waals surface area contributed by atoms with Crippen molar-refractivity contribution in [3.63, 3.8) is 0 Å². The second-order valence-electron chi connectivity index (χ2n) is 6.22. The van der Waals surface area contributed by atoms with Crippen molar-refractivity contribution in [2.45, 2.75) is 12.8 Å². The number of anilines is 1. The smallest absolute Gasteiger partial charge is 0.250 e. The van der Waals surface area contributed by atoms with E-state index in [9.17, 15) is 9.59 Å². The van der Waals surface area contributed by atoms with Gasteiger partial charge in [-0.3, -0.25) is 9.59 Å². The third-order valence-electron chi connectivity index (χ3n) is 4.18. The lowest BCUT2D eigenvalue weighted by Gasteiger charge is -2.21. The molecule has 0 aliphatic heterocycles. The molecule has 2 amide bonds. The summed E-state index contributed by atoms with van der Waals surface area (Å²) in [6.07, 6.45) is 1.25. The molecule has 0 radical (unpaired) electrons. The van der Waals surface area contributed by atoms with Crippen molar-refractivity contribution in [2.24, 2.45) is 11.5 Å². The lowest BCUT2D eigenvalue weighted by molar-refractivity contribution is -0.116. The van der Waals surface area contributed by atoms with Gasteiger partial charge < -0.3 is 21.7 Å². The Morgan fingerprint density at radius 3 is 2.41 bits per heavy atom. The number of hydrogen-bond donors (Lipinski definition) is 3. The number of carbonyl (C=O) groups excluding carboxylic acids is 2. The Kier molecular flexibility index (Phi) is 8.26. The summed E-state index contributed by atoms with van der Waals surface area (Å²) < 4.78 is 0.